The molecule has 0 heterocycles. The van der Waals surface area contributed by atoms with E-state index in [2.05, 4.69) is 74.5 Å². The maximum absolute atomic E-state index is 2.37. The Kier molecular flexibility index (Phi) is 8.98. The lowest BCUT2D eigenvalue weighted by atomic mass is 9.96. The summed E-state index contributed by atoms with van der Waals surface area (Å²) in [4.78, 5) is 0. The van der Waals surface area contributed by atoms with Gasteiger partial charge in [0.1, 0.15) is 0 Å². The van der Waals surface area contributed by atoms with Crippen LogP contribution in [0.5, 0.6) is 0 Å². The highest BCUT2D eigenvalue weighted by molar-refractivity contribution is 5.70. The molecule has 0 aromatic heterocycles. The van der Waals surface area contributed by atoms with Crippen molar-refractivity contribution in [2.45, 2.75) is 53.4 Å². The van der Waals surface area contributed by atoms with E-state index in [-0.39, 0.29) is 0 Å². The topological polar surface area (TPSA) is 0 Å². The number of unbranched alkanes of at least 4 members (excludes halogenated alkanes) is 1. The molecule has 0 saturated heterocycles. The van der Waals surface area contributed by atoms with Crippen LogP contribution in [0, 0.1) is 0 Å². The van der Waals surface area contributed by atoms with Gasteiger partial charge in [-0.2, -0.15) is 0 Å². The van der Waals surface area contributed by atoms with Crippen LogP contribution in [0.2, 0.25) is 0 Å². The predicted octanol–water partition coefficient (Wildman–Crippen LogP) is 7.36. The average Bonchev–Trinajstić information content (AvgIpc) is 2.61. The molecule has 2 aromatic carbocycles. The molecule has 0 bridgehead atoms. The smallest absolute Gasteiger partial charge is 0.0184 e. The molecule has 0 radical (unpaired) electrons. The lowest BCUT2D eigenvalue weighted by Crippen LogP contribution is -1.86. The van der Waals surface area contributed by atoms with Gasteiger partial charge in [-0.3, -0.25) is 0 Å². The van der Waals surface area contributed by atoms with Crippen molar-refractivity contribution in [3.05, 3.63) is 66.2 Å². The zero-order chi connectivity index (χ0) is 16.2. The molecule has 0 spiro atoms. The Hall–Kier alpha value is -1.82. The summed E-state index contributed by atoms with van der Waals surface area (Å²) in [5.41, 5.74) is 5.45. The largest absolute Gasteiger partial charge is 0.0810 e. The molecule has 2 rings (SSSR count). The third-order valence-electron chi connectivity index (χ3n) is 3.61. The highest BCUT2D eigenvalue weighted by Crippen LogP contribution is 2.25. The van der Waals surface area contributed by atoms with E-state index >= 15 is 0 Å². The van der Waals surface area contributed by atoms with Crippen molar-refractivity contribution in [3.63, 3.8) is 0 Å². The summed E-state index contributed by atoms with van der Waals surface area (Å²) in [7, 11) is 0. The average molecular weight is 294 g/mol. The lowest BCUT2D eigenvalue weighted by molar-refractivity contribution is 0.822. The van der Waals surface area contributed by atoms with E-state index in [1.54, 1.807) is 0 Å². The molecule has 0 heteroatoms. The molecule has 118 valence electrons. The Bertz CT molecular complexity index is 532. The van der Waals surface area contributed by atoms with Gasteiger partial charge in [0.25, 0.3) is 0 Å². The summed E-state index contributed by atoms with van der Waals surface area (Å²) >= 11 is 0. The zero-order valence-corrected chi connectivity index (χ0v) is 14.6. The number of rotatable bonds is 6. The van der Waals surface area contributed by atoms with Gasteiger partial charge in [-0.25, -0.2) is 0 Å². The molecular formula is C22H30. The maximum Gasteiger partial charge on any atom is -0.0184 e. The van der Waals surface area contributed by atoms with Gasteiger partial charge in [0.05, 0.1) is 0 Å². The molecule has 0 N–H and O–H groups in total. The second kappa shape index (κ2) is 10.8. The van der Waals surface area contributed by atoms with Crippen LogP contribution in [0.25, 0.3) is 16.7 Å². The van der Waals surface area contributed by atoms with E-state index in [0.717, 1.165) is 6.42 Å². The first-order chi connectivity index (χ1) is 10.8. The van der Waals surface area contributed by atoms with Gasteiger partial charge in [0.2, 0.25) is 0 Å². The van der Waals surface area contributed by atoms with Gasteiger partial charge in [-0.05, 0) is 41.5 Å². The van der Waals surface area contributed by atoms with Gasteiger partial charge in [-0.15, -0.1) is 0 Å². The summed E-state index contributed by atoms with van der Waals surface area (Å²) in [5, 5.41) is 0. The first-order valence-corrected chi connectivity index (χ1v) is 8.70. The number of allylic oxidation sites excluding steroid dienone is 2. The van der Waals surface area contributed by atoms with Gasteiger partial charge < -0.3 is 0 Å². The van der Waals surface area contributed by atoms with Gasteiger partial charge in [-0.1, -0.05) is 94.8 Å². The van der Waals surface area contributed by atoms with Crippen molar-refractivity contribution in [1.82, 2.24) is 0 Å². The summed E-state index contributed by atoms with van der Waals surface area (Å²) in [6.45, 7) is 8.46. The van der Waals surface area contributed by atoms with E-state index in [0.29, 0.717) is 0 Å². The van der Waals surface area contributed by atoms with E-state index in [9.17, 15) is 0 Å². The Morgan fingerprint density at radius 1 is 0.818 bits per heavy atom. The normalized spacial score (nSPS) is 10.8. The molecule has 0 nitrogen and oxygen atoms in total. The van der Waals surface area contributed by atoms with Crippen LogP contribution in [0.1, 0.15) is 58.9 Å². The van der Waals surface area contributed by atoms with Crippen molar-refractivity contribution < 1.29 is 0 Å². The van der Waals surface area contributed by atoms with Crippen LogP contribution in [-0.4, -0.2) is 0 Å². The van der Waals surface area contributed by atoms with Crippen molar-refractivity contribution in [2.75, 3.05) is 0 Å². The monoisotopic (exact) mass is 294 g/mol. The minimum atomic E-state index is 1.11. The van der Waals surface area contributed by atoms with Crippen LogP contribution in [-0.2, 0) is 0 Å². The third kappa shape index (κ3) is 5.52. The van der Waals surface area contributed by atoms with Crippen molar-refractivity contribution >= 4 is 5.57 Å². The molecule has 0 amide bonds. The van der Waals surface area contributed by atoms with E-state index in [1.165, 1.54) is 41.5 Å². The summed E-state index contributed by atoms with van der Waals surface area (Å²) in [6, 6.07) is 19.6. The number of benzene rings is 2. The van der Waals surface area contributed by atoms with Crippen LogP contribution in [0.3, 0.4) is 0 Å². The summed E-state index contributed by atoms with van der Waals surface area (Å²) in [6.07, 6.45) is 7.19. The minimum Gasteiger partial charge on any atom is -0.0810 e. The zero-order valence-electron chi connectivity index (χ0n) is 14.6. The van der Waals surface area contributed by atoms with Crippen molar-refractivity contribution in [1.29, 1.82) is 0 Å². The van der Waals surface area contributed by atoms with E-state index < -0.39 is 0 Å². The Morgan fingerprint density at radius 3 is 1.95 bits per heavy atom. The van der Waals surface area contributed by atoms with Gasteiger partial charge in [0.15, 0.2) is 0 Å². The van der Waals surface area contributed by atoms with Crippen molar-refractivity contribution in [2.24, 2.45) is 0 Å². The minimum absolute atomic E-state index is 1.11. The Morgan fingerprint density at radius 2 is 1.41 bits per heavy atom. The highest BCUT2D eigenvalue weighted by Gasteiger charge is 2.02. The number of hydrogen-bond donors (Lipinski definition) is 0. The van der Waals surface area contributed by atoms with Crippen LogP contribution < -0.4 is 0 Å². The molecule has 22 heavy (non-hydrogen) atoms. The standard InChI is InChI=1S/C20H24.C2H6/c1-3-5-10-17(9-4-2)19-13-15-20(16-14-19)18-11-7-6-8-12-18;1-2/h6-9,11-16H,3-5,10H2,1-2H3;1-2H3/b17-9+;. The van der Waals surface area contributed by atoms with Crippen LogP contribution >= 0.6 is 0 Å². The molecule has 0 atom stereocenters. The van der Waals surface area contributed by atoms with Gasteiger partial charge >= 0.3 is 0 Å². The molecule has 0 aliphatic carbocycles. The highest BCUT2D eigenvalue weighted by atomic mass is 14.1. The molecule has 0 unspecified atom stereocenters. The fourth-order valence-electron chi connectivity index (χ4n) is 2.49. The lowest BCUT2D eigenvalue weighted by Gasteiger charge is -2.09. The van der Waals surface area contributed by atoms with Crippen molar-refractivity contribution in [3.8, 4) is 11.1 Å². The third-order valence-corrected chi connectivity index (χ3v) is 3.61. The second-order valence-electron chi connectivity index (χ2n) is 5.18. The number of hydrogen-bond acceptors (Lipinski definition) is 0. The predicted molar refractivity (Wildman–Crippen MR) is 101 cm³/mol. The van der Waals surface area contributed by atoms with Crippen LogP contribution in [0.4, 0.5) is 0 Å². The Balaban J connectivity index is 0.00000116. The van der Waals surface area contributed by atoms with Crippen LogP contribution in [0.15, 0.2) is 60.7 Å². The quantitative estimate of drug-likeness (QED) is 0.522. The Labute approximate surface area is 136 Å². The molecular weight excluding hydrogens is 264 g/mol. The molecule has 2 aromatic rings. The SMILES string of the molecule is CC.CC/C=C(\CCCC)c1ccc(-c2ccccc2)cc1. The fraction of sp³-hybridized carbons (Fsp3) is 0.364. The van der Waals surface area contributed by atoms with E-state index in [1.807, 2.05) is 13.8 Å². The van der Waals surface area contributed by atoms with Gasteiger partial charge in [0, 0.05) is 0 Å². The summed E-state index contributed by atoms with van der Waals surface area (Å²) < 4.78 is 0. The molecule has 0 aliphatic heterocycles. The molecule has 0 saturated carbocycles. The first-order valence-electron chi connectivity index (χ1n) is 8.70. The maximum atomic E-state index is 2.37. The molecule has 0 fully saturated rings. The second-order valence-corrected chi connectivity index (χ2v) is 5.18. The fourth-order valence-corrected chi connectivity index (χ4v) is 2.49. The molecule has 0 aliphatic rings. The first kappa shape index (κ1) is 18.2. The van der Waals surface area contributed by atoms with E-state index in [4.69, 9.17) is 0 Å². The summed E-state index contributed by atoms with van der Waals surface area (Å²) in [5.74, 6) is 0.